The van der Waals surface area contributed by atoms with Gasteiger partial charge in [0.05, 0.1) is 0 Å². The molecule has 2 aliphatic rings. The van der Waals surface area contributed by atoms with Gasteiger partial charge in [-0.05, 0) is 65.8 Å². The summed E-state index contributed by atoms with van der Waals surface area (Å²) in [6.45, 7) is 4.98. The Balaban J connectivity index is 1.86. The molecule has 3 heteroatoms. The molecule has 2 heterocycles. The summed E-state index contributed by atoms with van der Waals surface area (Å²) < 4.78 is 0. The Morgan fingerprint density at radius 1 is 1.06 bits per heavy atom. The third-order valence-electron chi connectivity index (χ3n) is 4.30. The van der Waals surface area contributed by atoms with E-state index in [1.54, 1.807) is 0 Å². The summed E-state index contributed by atoms with van der Waals surface area (Å²) >= 11 is 0. The first-order valence-electron chi connectivity index (χ1n) is 6.88. The molecule has 2 atom stereocenters. The van der Waals surface area contributed by atoms with Gasteiger partial charge in [0, 0.05) is 18.6 Å². The molecule has 0 saturated carbocycles. The lowest BCUT2D eigenvalue weighted by Gasteiger charge is -2.39. The maximum atomic E-state index is 3.51. The van der Waals surface area contributed by atoms with Crippen molar-refractivity contribution in [2.45, 2.75) is 44.2 Å². The van der Waals surface area contributed by atoms with Gasteiger partial charge in [0.25, 0.3) is 0 Å². The third-order valence-corrected chi connectivity index (χ3v) is 4.30. The third kappa shape index (κ3) is 3.19. The molecule has 0 aromatic carbocycles. The van der Waals surface area contributed by atoms with Crippen LogP contribution in [0.2, 0.25) is 0 Å². The topological polar surface area (TPSA) is 18.5 Å². The first kappa shape index (κ1) is 12.3. The highest BCUT2D eigenvalue weighted by Crippen LogP contribution is 2.20. The van der Waals surface area contributed by atoms with Gasteiger partial charge >= 0.3 is 0 Å². The van der Waals surface area contributed by atoms with E-state index in [0.717, 1.165) is 12.1 Å². The Morgan fingerprint density at radius 3 is 2.69 bits per heavy atom. The summed E-state index contributed by atoms with van der Waals surface area (Å²) in [5.74, 6) is 0. The minimum absolute atomic E-state index is 0.793. The van der Waals surface area contributed by atoms with E-state index < -0.39 is 0 Å². The molecule has 0 aromatic heterocycles. The van der Waals surface area contributed by atoms with Crippen molar-refractivity contribution in [1.82, 2.24) is 15.1 Å². The predicted molar refractivity (Wildman–Crippen MR) is 68.8 cm³/mol. The highest BCUT2D eigenvalue weighted by molar-refractivity contribution is 4.83. The van der Waals surface area contributed by atoms with Gasteiger partial charge in [-0.1, -0.05) is 0 Å². The van der Waals surface area contributed by atoms with E-state index in [-0.39, 0.29) is 0 Å². The van der Waals surface area contributed by atoms with Crippen molar-refractivity contribution in [3.05, 3.63) is 0 Å². The lowest BCUT2D eigenvalue weighted by atomic mass is 10.0. The van der Waals surface area contributed by atoms with E-state index in [9.17, 15) is 0 Å². The maximum absolute atomic E-state index is 3.51. The van der Waals surface area contributed by atoms with Crippen LogP contribution in [0.25, 0.3) is 0 Å². The zero-order valence-corrected chi connectivity index (χ0v) is 10.9. The lowest BCUT2D eigenvalue weighted by molar-refractivity contribution is 0.0929. The van der Waals surface area contributed by atoms with Crippen molar-refractivity contribution >= 4 is 0 Å². The largest absolute Gasteiger partial charge is 0.317 e. The maximum Gasteiger partial charge on any atom is 0.0223 e. The number of nitrogens with zero attached hydrogens (tertiary/aromatic N) is 2. The molecule has 2 unspecified atom stereocenters. The average molecular weight is 225 g/mol. The van der Waals surface area contributed by atoms with E-state index >= 15 is 0 Å². The molecule has 0 radical (unpaired) electrons. The molecule has 0 spiro atoms. The second-order valence-corrected chi connectivity index (χ2v) is 5.56. The molecule has 0 amide bonds. The summed E-state index contributed by atoms with van der Waals surface area (Å²) in [4.78, 5) is 5.16. The zero-order chi connectivity index (χ0) is 11.4. The van der Waals surface area contributed by atoms with Gasteiger partial charge in [-0.25, -0.2) is 0 Å². The van der Waals surface area contributed by atoms with Gasteiger partial charge in [-0.2, -0.15) is 0 Å². The molecule has 0 aromatic rings. The van der Waals surface area contributed by atoms with Crippen molar-refractivity contribution in [2.75, 3.05) is 40.3 Å². The molecular formula is C13H27N3. The van der Waals surface area contributed by atoms with Crippen LogP contribution in [0.5, 0.6) is 0 Å². The van der Waals surface area contributed by atoms with Crippen LogP contribution >= 0.6 is 0 Å². The highest BCUT2D eigenvalue weighted by atomic mass is 15.2. The Kier molecular flexibility index (Phi) is 4.62. The minimum Gasteiger partial charge on any atom is -0.317 e. The molecule has 1 N–H and O–H groups in total. The second kappa shape index (κ2) is 5.99. The fourth-order valence-electron chi connectivity index (χ4n) is 3.18. The fraction of sp³-hybridized carbons (Fsp3) is 1.00. The van der Waals surface area contributed by atoms with Crippen molar-refractivity contribution in [3.8, 4) is 0 Å². The van der Waals surface area contributed by atoms with Crippen LogP contribution in [-0.4, -0.2) is 62.2 Å². The molecule has 3 nitrogen and oxygen atoms in total. The standard InChI is InChI=1S/C13H27N3/c1-15-10-4-6-13(11-15)16(2)12-5-3-8-14-9-7-12/h12-14H,3-11H2,1-2H3. The molecule has 0 aliphatic carbocycles. The number of hydrogen-bond donors (Lipinski definition) is 1. The van der Waals surface area contributed by atoms with Crippen LogP contribution < -0.4 is 5.32 Å². The molecule has 2 aliphatic heterocycles. The van der Waals surface area contributed by atoms with Gasteiger partial charge in [0.15, 0.2) is 0 Å². The monoisotopic (exact) mass is 225 g/mol. The predicted octanol–water partition coefficient (Wildman–Crippen LogP) is 1.15. The molecular weight excluding hydrogens is 198 g/mol. The SMILES string of the molecule is CN1CCCC(N(C)C2CCCNCC2)C1. The molecule has 2 fully saturated rings. The van der Waals surface area contributed by atoms with Crippen molar-refractivity contribution in [1.29, 1.82) is 0 Å². The summed E-state index contributed by atoms with van der Waals surface area (Å²) in [6.07, 6.45) is 6.82. The summed E-state index contributed by atoms with van der Waals surface area (Å²) in [7, 11) is 4.61. The Labute approximate surface area is 100 Å². The normalized spacial score (nSPS) is 33.9. The van der Waals surface area contributed by atoms with Gasteiger partial charge in [0.1, 0.15) is 0 Å². The molecule has 2 rings (SSSR count). The van der Waals surface area contributed by atoms with Crippen molar-refractivity contribution < 1.29 is 0 Å². The summed E-state index contributed by atoms with van der Waals surface area (Å²) in [5.41, 5.74) is 0. The Hall–Kier alpha value is -0.120. The quantitative estimate of drug-likeness (QED) is 0.761. The Bertz CT molecular complexity index is 197. The van der Waals surface area contributed by atoms with Crippen LogP contribution in [0.4, 0.5) is 0 Å². The van der Waals surface area contributed by atoms with E-state index in [2.05, 4.69) is 29.2 Å². The van der Waals surface area contributed by atoms with Gasteiger partial charge < -0.3 is 10.2 Å². The first-order valence-corrected chi connectivity index (χ1v) is 6.88. The first-order chi connectivity index (χ1) is 7.77. The molecule has 0 bridgehead atoms. The smallest absolute Gasteiger partial charge is 0.0223 e. The van der Waals surface area contributed by atoms with Crippen molar-refractivity contribution in [3.63, 3.8) is 0 Å². The zero-order valence-electron chi connectivity index (χ0n) is 10.9. The van der Waals surface area contributed by atoms with E-state index in [1.807, 2.05) is 0 Å². The van der Waals surface area contributed by atoms with E-state index in [0.29, 0.717) is 0 Å². The van der Waals surface area contributed by atoms with E-state index in [4.69, 9.17) is 0 Å². The number of nitrogens with one attached hydrogen (secondary N) is 1. The summed E-state index contributed by atoms with van der Waals surface area (Å²) in [6, 6.07) is 1.60. The number of likely N-dealkylation sites (tertiary alicyclic amines) is 1. The lowest BCUT2D eigenvalue weighted by Crippen LogP contribution is -2.49. The fourth-order valence-corrected chi connectivity index (χ4v) is 3.18. The van der Waals surface area contributed by atoms with Crippen molar-refractivity contribution in [2.24, 2.45) is 0 Å². The number of likely N-dealkylation sites (N-methyl/N-ethyl adjacent to an activating group) is 2. The van der Waals surface area contributed by atoms with E-state index in [1.165, 1.54) is 58.3 Å². The summed E-state index contributed by atoms with van der Waals surface area (Å²) in [5, 5.41) is 3.51. The van der Waals surface area contributed by atoms with Crippen LogP contribution in [0.15, 0.2) is 0 Å². The molecule has 2 saturated heterocycles. The minimum atomic E-state index is 0.793. The number of hydrogen-bond acceptors (Lipinski definition) is 3. The number of piperidine rings is 1. The molecule has 16 heavy (non-hydrogen) atoms. The Morgan fingerprint density at radius 2 is 1.88 bits per heavy atom. The second-order valence-electron chi connectivity index (χ2n) is 5.56. The van der Waals surface area contributed by atoms with Gasteiger partial charge in [-0.3, -0.25) is 4.90 Å². The average Bonchev–Trinajstić information content (AvgIpc) is 2.56. The van der Waals surface area contributed by atoms with Crippen LogP contribution in [0.3, 0.4) is 0 Å². The van der Waals surface area contributed by atoms with Crippen LogP contribution in [0, 0.1) is 0 Å². The number of rotatable bonds is 2. The highest BCUT2D eigenvalue weighted by Gasteiger charge is 2.26. The van der Waals surface area contributed by atoms with Gasteiger partial charge in [0.2, 0.25) is 0 Å². The van der Waals surface area contributed by atoms with Crippen LogP contribution in [-0.2, 0) is 0 Å². The van der Waals surface area contributed by atoms with Crippen LogP contribution in [0.1, 0.15) is 32.1 Å². The van der Waals surface area contributed by atoms with Gasteiger partial charge in [-0.15, -0.1) is 0 Å². The molecule has 94 valence electrons.